The third kappa shape index (κ3) is 2.97. The highest BCUT2D eigenvalue weighted by atomic mass is 79.9. The SMILES string of the molecule is COCC1OC(n2cc(Br)c(=O)[nH]c2=O)C[C@@H]1OC. The molecule has 0 amide bonds. The molecule has 3 atom stereocenters. The molecule has 1 aromatic heterocycles. The fourth-order valence-corrected chi connectivity index (χ4v) is 2.43. The monoisotopic (exact) mass is 334 g/mol. The Morgan fingerprint density at radius 3 is 2.89 bits per heavy atom. The summed E-state index contributed by atoms with van der Waals surface area (Å²) >= 11 is 3.09. The maximum atomic E-state index is 11.8. The second-order valence-corrected chi connectivity index (χ2v) is 5.09. The van der Waals surface area contributed by atoms with Crippen LogP contribution >= 0.6 is 15.9 Å². The number of hydrogen-bond donors (Lipinski definition) is 1. The van der Waals surface area contributed by atoms with Gasteiger partial charge in [0.1, 0.15) is 12.3 Å². The number of nitrogens with zero attached hydrogens (tertiary/aromatic N) is 1. The summed E-state index contributed by atoms with van der Waals surface area (Å²) < 4.78 is 17.7. The minimum Gasteiger partial charge on any atom is -0.382 e. The van der Waals surface area contributed by atoms with Crippen LogP contribution in [0.15, 0.2) is 20.3 Å². The van der Waals surface area contributed by atoms with Crippen LogP contribution < -0.4 is 11.2 Å². The highest BCUT2D eigenvalue weighted by molar-refractivity contribution is 9.10. The molecule has 1 aliphatic rings. The van der Waals surface area contributed by atoms with Gasteiger partial charge in [0.2, 0.25) is 0 Å². The van der Waals surface area contributed by atoms with Gasteiger partial charge in [-0.3, -0.25) is 14.3 Å². The number of aromatic nitrogens is 2. The number of nitrogens with one attached hydrogen (secondary N) is 1. The Balaban J connectivity index is 2.27. The van der Waals surface area contributed by atoms with Crippen molar-refractivity contribution in [2.45, 2.75) is 24.9 Å². The predicted molar refractivity (Wildman–Crippen MR) is 70.2 cm³/mol. The highest BCUT2D eigenvalue weighted by Crippen LogP contribution is 2.29. The lowest BCUT2D eigenvalue weighted by molar-refractivity contribution is -0.0618. The van der Waals surface area contributed by atoms with E-state index in [1.807, 2.05) is 0 Å². The van der Waals surface area contributed by atoms with Crippen molar-refractivity contribution < 1.29 is 14.2 Å². The van der Waals surface area contributed by atoms with E-state index >= 15 is 0 Å². The molecule has 1 aromatic rings. The van der Waals surface area contributed by atoms with Crippen LogP contribution in [0.3, 0.4) is 0 Å². The topological polar surface area (TPSA) is 82.5 Å². The van der Waals surface area contributed by atoms with Gasteiger partial charge in [0.15, 0.2) is 0 Å². The van der Waals surface area contributed by atoms with Crippen molar-refractivity contribution in [2.75, 3.05) is 20.8 Å². The Hall–Kier alpha value is -0.960. The van der Waals surface area contributed by atoms with E-state index in [4.69, 9.17) is 14.2 Å². The third-order valence-electron chi connectivity index (χ3n) is 3.05. The number of halogens is 1. The number of H-pyrrole nitrogens is 1. The number of rotatable bonds is 4. The van der Waals surface area contributed by atoms with Crippen LogP contribution in [0.5, 0.6) is 0 Å². The molecular formula is C11H15BrN2O5. The molecule has 0 spiro atoms. The van der Waals surface area contributed by atoms with E-state index in [2.05, 4.69) is 20.9 Å². The molecule has 7 nitrogen and oxygen atoms in total. The van der Waals surface area contributed by atoms with E-state index in [9.17, 15) is 9.59 Å². The second-order valence-electron chi connectivity index (χ2n) is 4.24. The summed E-state index contributed by atoms with van der Waals surface area (Å²) in [6.07, 6.45) is 1.07. The predicted octanol–water partition coefficient (Wildman–Crippen LogP) is 0.248. The Bertz CT molecular complexity index is 555. The lowest BCUT2D eigenvalue weighted by Crippen LogP contribution is -2.32. The first-order chi connectivity index (χ1) is 9.06. The van der Waals surface area contributed by atoms with E-state index in [0.29, 0.717) is 13.0 Å². The normalized spacial score (nSPS) is 26.8. The maximum absolute atomic E-state index is 11.8. The van der Waals surface area contributed by atoms with E-state index in [1.165, 1.54) is 10.8 Å². The summed E-state index contributed by atoms with van der Waals surface area (Å²) in [6.45, 7) is 0.383. The van der Waals surface area contributed by atoms with E-state index in [-0.39, 0.29) is 16.7 Å². The van der Waals surface area contributed by atoms with Gasteiger partial charge >= 0.3 is 5.69 Å². The number of hydrogen-bond acceptors (Lipinski definition) is 5. The molecule has 19 heavy (non-hydrogen) atoms. The van der Waals surface area contributed by atoms with E-state index in [0.717, 1.165) is 0 Å². The Labute approximate surface area is 117 Å². The summed E-state index contributed by atoms with van der Waals surface area (Å²) in [4.78, 5) is 25.3. The smallest absolute Gasteiger partial charge is 0.330 e. The van der Waals surface area contributed by atoms with Crippen molar-refractivity contribution in [2.24, 2.45) is 0 Å². The van der Waals surface area contributed by atoms with Crippen molar-refractivity contribution in [1.82, 2.24) is 9.55 Å². The summed E-state index contributed by atoms with van der Waals surface area (Å²) in [7, 11) is 3.16. The zero-order valence-electron chi connectivity index (χ0n) is 10.6. The quantitative estimate of drug-likeness (QED) is 0.853. The Morgan fingerprint density at radius 1 is 1.53 bits per heavy atom. The number of methoxy groups -OCH3 is 2. The number of ether oxygens (including phenoxy) is 3. The molecule has 0 saturated carbocycles. The van der Waals surface area contributed by atoms with Crippen molar-refractivity contribution in [3.05, 3.63) is 31.5 Å². The van der Waals surface area contributed by atoms with Crippen molar-refractivity contribution in [3.8, 4) is 0 Å². The van der Waals surface area contributed by atoms with Crippen LogP contribution in [0.2, 0.25) is 0 Å². The van der Waals surface area contributed by atoms with Gasteiger partial charge in [-0.05, 0) is 15.9 Å². The maximum Gasteiger partial charge on any atom is 0.330 e. The molecule has 2 heterocycles. The van der Waals surface area contributed by atoms with Crippen molar-refractivity contribution >= 4 is 15.9 Å². The molecule has 0 radical (unpaired) electrons. The lowest BCUT2D eigenvalue weighted by atomic mass is 10.2. The highest BCUT2D eigenvalue weighted by Gasteiger charge is 2.36. The molecule has 1 N–H and O–H groups in total. The van der Waals surface area contributed by atoms with Crippen LogP contribution in [0, 0.1) is 0 Å². The first kappa shape index (κ1) is 14.4. The van der Waals surface area contributed by atoms with Crippen LogP contribution in [0.25, 0.3) is 0 Å². The third-order valence-corrected chi connectivity index (χ3v) is 3.61. The van der Waals surface area contributed by atoms with Gasteiger partial charge in [0.05, 0.1) is 17.2 Å². The average Bonchev–Trinajstić information content (AvgIpc) is 2.77. The van der Waals surface area contributed by atoms with Gasteiger partial charge in [0, 0.05) is 26.8 Å². The van der Waals surface area contributed by atoms with E-state index in [1.54, 1.807) is 14.2 Å². The summed E-state index contributed by atoms with van der Waals surface area (Å²) in [5.74, 6) is 0. The molecule has 2 unspecified atom stereocenters. The molecule has 1 fully saturated rings. The fraction of sp³-hybridized carbons (Fsp3) is 0.636. The second kappa shape index (κ2) is 6.00. The summed E-state index contributed by atoms with van der Waals surface area (Å²) in [5.41, 5.74) is -0.970. The van der Waals surface area contributed by atoms with Gasteiger partial charge < -0.3 is 14.2 Å². The fourth-order valence-electron chi connectivity index (χ4n) is 2.11. The van der Waals surface area contributed by atoms with Crippen LogP contribution in [-0.4, -0.2) is 42.6 Å². The van der Waals surface area contributed by atoms with Gasteiger partial charge in [-0.15, -0.1) is 0 Å². The summed E-state index contributed by atoms with van der Waals surface area (Å²) in [6, 6.07) is 0. The lowest BCUT2D eigenvalue weighted by Gasteiger charge is -2.16. The molecule has 0 bridgehead atoms. The van der Waals surface area contributed by atoms with Crippen LogP contribution in [-0.2, 0) is 14.2 Å². The van der Waals surface area contributed by atoms with Gasteiger partial charge in [-0.1, -0.05) is 0 Å². The van der Waals surface area contributed by atoms with E-state index < -0.39 is 17.5 Å². The molecule has 0 aromatic carbocycles. The zero-order chi connectivity index (χ0) is 14.0. The summed E-state index contributed by atoms with van der Waals surface area (Å²) in [5, 5.41) is 0. The Kier molecular flexibility index (Phi) is 4.56. The minimum absolute atomic E-state index is 0.150. The van der Waals surface area contributed by atoms with Gasteiger partial charge in [-0.2, -0.15) is 0 Å². The van der Waals surface area contributed by atoms with Crippen LogP contribution in [0.4, 0.5) is 0 Å². The minimum atomic E-state index is -0.508. The first-order valence-electron chi connectivity index (χ1n) is 5.75. The molecule has 1 aliphatic heterocycles. The Morgan fingerprint density at radius 2 is 2.26 bits per heavy atom. The van der Waals surface area contributed by atoms with Gasteiger partial charge in [0.25, 0.3) is 5.56 Å². The molecule has 8 heteroatoms. The first-order valence-corrected chi connectivity index (χ1v) is 6.54. The van der Waals surface area contributed by atoms with Crippen molar-refractivity contribution in [1.29, 1.82) is 0 Å². The molecular weight excluding hydrogens is 320 g/mol. The van der Waals surface area contributed by atoms with Crippen LogP contribution in [0.1, 0.15) is 12.6 Å². The van der Waals surface area contributed by atoms with Crippen molar-refractivity contribution in [3.63, 3.8) is 0 Å². The molecule has 0 aliphatic carbocycles. The molecule has 2 rings (SSSR count). The van der Waals surface area contributed by atoms with Gasteiger partial charge in [-0.25, -0.2) is 4.79 Å². The molecule has 1 saturated heterocycles. The average molecular weight is 335 g/mol. The number of aromatic amines is 1. The zero-order valence-corrected chi connectivity index (χ0v) is 12.2. The standard InChI is InChI=1S/C11H15BrN2O5/c1-17-5-8-7(18-2)3-9(19-8)14-4-6(12)10(15)13-11(14)16/h4,7-9H,3,5H2,1-2H3,(H,13,15,16)/t7-,8?,9?/m0/s1. The molecule has 106 valence electrons. The largest absolute Gasteiger partial charge is 0.382 e.